The molecule has 0 aliphatic carbocycles. The molecule has 0 amide bonds. The molecule has 0 spiro atoms. The zero-order chi connectivity index (χ0) is 18.9. The molecule has 0 radical (unpaired) electrons. The second-order valence-electron chi connectivity index (χ2n) is 7.32. The van der Waals surface area contributed by atoms with E-state index in [2.05, 4.69) is 11.6 Å². The fourth-order valence-corrected chi connectivity index (χ4v) is 5.45. The highest BCUT2D eigenvalue weighted by Crippen LogP contribution is 2.49. The molecule has 1 fully saturated rings. The predicted octanol–water partition coefficient (Wildman–Crippen LogP) is 3.69. The summed E-state index contributed by atoms with van der Waals surface area (Å²) in [5, 5.41) is 0. The molecule has 1 aliphatic heterocycles. The van der Waals surface area contributed by atoms with Gasteiger partial charge in [-0.25, -0.2) is 17.8 Å². The van der Waals surface area contributed by atoms with Crippen LogP contribution >= 0.6 is 0 Å². The van der Waals surface area contributed by atoms with E-state index in [4.69, 9.17) is 0 Å². The molecule has 1 aromatic carbocycles. The maximum absolute atomic E-state index is 13.2. The molecule has 140 valence electrons. The second-order valence-corrected chi connectivity index (χ2v) is 9.36. The third-order valence-electron chi connectivity index (χ3n) is 4.78. The molecule has 26 heavy (non-hydrogen) atoms. The largest absolute Gasteiger partial charge is 0.302 e. The number of allylic oxidation sites excluding steroid dienone is 1. The molecular weight excluding hydrogens is 353 g/mol. The molecule has 0 saturated carbocycles. The summed E-state index contributed by atoms with van der Waals surface area (Å²) >= 11 is 0. The van der Waals surface area contributed by atoms with Gasteiger partial charge in [-0.2, -0.15) is 4.31 Å². The molecule has 2 aromatic rings. The van der Waals surface area contributed by atoms with E-state index >= 15 is 0 Å². The fourth-order valence-electron chi connectivity index (χ4n) is 3.46. The lowest BCUT2D eigenvalue weighted by atomic mass is 9.76. The first-order valence-corrected chi connectivity index (χ1v) is 10.3. The predicted molar refractivity (Wildman–Crippen MR) is 100.0 cm³/mol. The highest BCUT2D eigenvalue weighted by Gasteiger charge is 2.53. The maximum atomic E-state index is 13.2. The Kier molecular flexibility index (Phi) is 5.03. The minimum Gasteiger partial charge on any atom is -0.302 e. The van der Waals surface area contributed by atoms with Crippen LogP contribution in [0.1, 0.15) is 38.6 Å². The van der Waals surface area contributed by atoms with Gasteiger partial charge in [0.05, 0.1) is 11.8 Å². The van der Waals surface area contributed by atoms with Gasteiger partial charge in [0.1, 0.15) is 11.6 Å². The maximum Gasteiger partial charge on any atom is 0.214 e. The standard InChI is InChI=1S/C19H24FN3O2S/c1-4-5-6-13-26(24,25)23-14-19(2,3)17(23)18-21-11-12-22(18)16-9-7-15(20)8-10-16/h4,7-12,17H,1,5-6,13-14H2,2-3H3. The van der Waals surface area contributed by atoms with Crippen molar-refractivity contribution in [3.05, 3.63) is 61.0 Å². The van der Waals surface area contributed by atoms with E-state index in [0.717, 1.165) is 5.69 Å². The van der Waals surface area contributed by atoms with E-state index in [1.807, 2.05) is 18.4 Å². The Hall–Kier alpha value is -1.99. The minimum absolute atomic E-state index is 0.100. The van der Waals surface area contributed by atoms with E-state index in [9.17, 15) is 12.8 Å². The first kappa shape index (κ1) is 18.8. The van der Waals surface area contributed by atoms with Crippen LogP contribution in [0.3, 0.4) is 0 Å². The molecule has 1 aliphatic rings. The van der Waals surface area contributed by atoms with Gasteiger partial charge in [0, 0.05) is 30.0 Å². The number of benzene rings is 1. The van der Waals surface area contributed by atoms with Gasteiger partial charge in [-0.3, -0.25) is 0 Å². The number of unbranched alkanes of at least 4 members (excludes halogenated alkanes) is 1. The number of aromatic nitrogens is 2. The van der Waals surface area contributed by atoms with Crippen LogP contribution in [0.2, 0.25) is 0 Å². The van der Waals surface area contributed by atoms with Gasteiger partial charge in [0.2, 0.25) is 10.0 Å². The molecule has 2 heterocycles. The van der Waals surface area contributed by atoms with E-state index in [-0.39, 0.29) is 23.0 Å². The van der Waals surface area contributed by atoms with Crippen molar-refractivity contribution in [3.8, 4) is 5.69 Å². The molecular formula is C19H24FN3O2S. The van der Waals surface area contributed by atoms with Crippen LogP contribution in [-0.2, 0) is 10.0 Å². The average molecular weight is 377 g/mol. The van der Waals surface area contributed by atoms with E-state index in [1.54, 1.807) is 34.9 Å². The zero-order valence-corrected chi connectivity index (χ0v) is 15.9. The fraction of sp³-hybridized carbons (Fsp3) is 0.421. The molecule has 1 aromatic heterocycles. The van der Waals surface area contributed by atoms with E-state index < -0.39 is 10.0 Å². The van der Waals surface area contributed by atoms with Crippen LogP contribution in [0.5, 0.6) is 0 Å². The van der Waals surface area contributed by atoms with Crippen LogP contribution < -0.4 is 0 Å². The summed E-state index contributed by atoms with van der Waals surface area (Å²) in [5.41, 5.74) is 0.528. The number of imidazole rings is 1. The van der Waals surface area contributed by atoms with E-state index in [1.165, 1.54) is 12.1 Å². The van der Waals surface area contributed by atoms with Crippen molar-refractivity contribution >= 4 is 10.0 Å². The summed E-state index contributed by atoms with van der Waals surface area (Å²) < 4.78 is 42.2. The number of hydrogen-bond acceptors (Lipinski definition) is 3. The normalized spacial score (nSPS) is 19.9. The molecule has 1 atom stereocenters. The molecule has 0 bridgehead atoms. The summed E-state index contributed by atoms with van der Waals surface area (Å²) in [7, 11) is -3.38. The van der Waals surface area contributed by atoms with Crippen molar-refractivity contribution in [1.82, 2.24) is 13.9 Å². The Morgan fingerprint density at radius 3 is 2.65 bits per heavy atom. The Morgan fingerprint density at radius 2 is 2.04 bits per heavy atom. The Morgan fingerprint density at radius 1 is 1.35 bits per heavy atom. The highest BCUT2D eigenvalue weighted by atomic mass is 32.2. The van der Waals surface area contributed by atoms with Crippen molar-refractivity contribution in [1.29, 1.82) is 0 Å². The van der Waals surface area contributed by atoms with Crippen molar-refractivity contribution in [3.63, 3.8) is 0 Å². The van der Waals surface area contributed by atoms with Crippen molar-refractivity contribution in [2.75, 3.05) is 12.3 Å². The number of nitrogens with zero attached hydrogens (tertiary/aromatic N) is 3. The lowest BCUT2D eigenvalue weighted by Gasteiger charge is -2.52. The molecule has 3 rings (SSSR count). The first-order valence-electron chi connectivity index (χ1n) is 8.66. The molecule has 7 heteroatoms. The first-order chi connectivity index (χ1) is 12.3. The quantitative estimate of drug-likeness (QED) is 0.546. The second kappa shape index (κ2) is 6.96. The summed E-state index contributed by atoms with van der Waals surface area (Å²) in [5.74, 6) is 0.439. The van der Waals surface area contributed by atoms with Crippen LogP contribution in [0.4, 0.5) is 4.39 Å². The molecule has 1 unspecified atom stereocenters. The van der Waals surface area contributed by atoms with Crippen molar-refractivity contribution in [2.24, 2.45) is 5.41 Å². The number of rotatable bonds is 7. The number of hydrogen-bond donors (Lipinski definition) is 0. The zero-order valence-electron chi connectivity index (χ0n) is 15.1. The lowest BCUT2D eigenvalue weighted by Crippen LogP contribution is -2.58. The summed E-state index contributed by atoms with van der Waals surface area (Å²) in [6.07, 6.45) is 6.39. The molecule has 1 saturated heterocycles. The van der Waals surface area contributed by atoms with Crippen LogP contribution in [0.15, 0.2) is 49.3 Å². The summed E-state index contributed by atoms with van der Waals surface area (Å²) in [6.45, 7) is 8.18. The minimum atomic E-state index is -3.38. The van der Waals surface area contributed by atoms with E-state index in [0.29, 0.717) is 25.2 Å². The van der Waals surface area contributed by atoms with Crippen molar-refractivity contribution < 1.29 is 12.8 Å². The third kappa shape index (κ3) is 3.46. The highest BCUT2D eigenvalue weighted by molar-refractivity contribution is 7.89. The van der Waals surface area contributed by atoms with Gasteiger partial charge in [-0.05, 0) is 37.1 Å². The van der Waals surface area contributed by atoms with Gasteiger partial charge in [-0.15, -0.1) is 6.58 Å². The van der Waals surface area contributed by atoms with Gasteiger partial charge in [0.25, 0.3) is 0 Å². The Balaban J connectivity index is 1.93. The SMILES string of the molecule is C=CCCCS(=O)(=O)N1CC(C)(C)C1c1nccn1-c1ccc(F)cc1. The van der Waals surface area contributed by atoms with Gasteiger partial charge >= 0.3 is 0 Å². The summed E-state index contributed by atoms with van der Waals surface area (Å²) in [6, 6.07) is 5.74. The molecule has 0 N–H and O–H groups in total. The third-order valence-corrected chi connectivity index (χ3v) is 6.64. The van der Waals surface area contributed by atoms with Crippen LogP contribution in [0, 0.1) is 11.2 Å². The van der Waals surface area contributed by atoms with Crippen molar-refractivity contribution in [2.45, 2.75) is 32.7 Å². The summed E-state index contributed by atoms with van der Waals surface area (Å²) in [4.78, 5) is 4.44. The lowest BCUT2D eigenvalue weighted by molar-refractivity contribution is 0.0129. The van der Waals surface area contributed by atoms with Crippen LogP contribution in [-0.4, -0.2) is 34.6 Å². The molecule has 5 nitrogen and oxygen atoms in total. The van der Waals surface area contributed by atoms with Gasteiger partial charge in [0.15, 0.2) is 0 Å². The van der Waals surface area contributed by atoms with Gasteiger partial charge in [-0.1, -0.05) is 19.9 Å². The smallest absolute Gasteiger partial charge is 0.214 e. The van der Waals surface area contributed by atoms with Gasteiger partial charge < -0.3 is 4.57 Å². The topological polar surface area (TPSA) is 55.2 Å². The Labute approximate surface area is 154 Å². The van der Waals surface area contributed by atoms with Crippen LogP contribution in [0.25, 0.3) is 5.69 Å². The average Bonchev–Trinajstić information content (AvgIpc) is 3.02. The Bertz CT molecular complexity index is 888. The number of sulfonamides is 1. The number of halogens is 1. The monoisotopic (exact) mass is 377 g/mol.